The summed E-state index contributed by atoms with van der Waals surface area (Å²) in [6.07, 6.45) is 0.214. The van der Waals surface area contributed by atoms with Gasteiger partial charge in [0, 0.05) is 16.6 Å². The lowest BCUT2D eigenvalue weighted by Crippen LogP contribution is -2.51. The predicted octanol–water partition coefficient (Wildman–Crippen LogP) is 3.86. The maximum Gasteiger partial charge on any atom is 0.228 e. The van der Waals surface area contributed by atoms with Crippen molar-refractivity contribution in [2.24, 2.45) is 5.92 Å². The summed E-state index contributed by atoms with van der Waals surface area (Å²) in [4.78, 5) is 12.0. The number of fused-ring (bicyclic) bond motifs is 4. The van der Waals surface area contributed by atoms with Crippen LogP contribution in [-0.2, 0) is 19.4 Å². The molecule has 1 aliphatic carbocycles. The van der Waals surface area contributed by atoms with E-state index in [1.165, 1.54) is 24.3 Å². The summed E-state index contributed by atoms with van der Waals surface area (Å²) in [5.41, 5.74) is 0.925. The third-order valence-corrected chi connectivity index (χ3v) is 9.04. The molecule has 30 heavy (non-hydrogen) atoms. The van der Waals surface area contributed by atoms with E-state index in [1.807, 2.05) is 0 Å². The highest BCUT2D eigenvalue weighted by atomic mass is 35.5. The fourth-order valence-corrected chi connectivity index (χ4v) is 7.40. The average molecular weight is 452 g/mol. The lowest BCUT2D eigenvalue weighted by molar-refractivity contribution is -0.119. The van der Waals surface area contributed by atoms with Crippen molar-refractivity contribution in [2.75, 3.05) is 6.61 Å². The lowest BCUT2D eigenvalue weighted by Gasteiger charge is -2.47. The maximum absolute atomic E-state index is 15.2. The molecule has 1 amide bonds. The molecule has 2 heterocycles. The molecule has 0 saturated carbocycles. The Morgan fingerprint density at radius 2 is 1.80 bits per heavy atom. The second-order valence-corrected chi connectivity index (χ2v) is 10.3. The Kier molecular flexibility index (Phi) is 4.24. The van der Waals surface area contributed by atoms with E-state index in [2.05, 4.69) is 5.32 Å². The van der Waals surface area contributed by atoms with Crippen LogP contribution in [-0.4, -0.2) is 20.9 Å². The van der Waals surface area contributed by atoms with Crippen molar-refractivity contribution in [1.29, 1.82) is 0 Å². The average Bonchev–Trinajstić information content (AvgIpc) is 3.10. The highest BCUT2D eigenvalue weighted by Crippen LogP contribution is 2.58. The predicted molar refractivity (Wildman–Crippen MR) is 105 cm³/mol. The SMILES string of the molecule is O=C1CC2=C(CC[C@@]3(S(=O)(=O)c4ccc(Cl)cc4)c4c(F)ccc(F)c4OC[C@@H]23)N1. The minimum absolute atomic E-state index is 0.00746. The first kappa shape index (κ1) is 19.5. The van der Waals surface area contributed by atoms with Crippen LogP contribution < -0.4 is 10.1 Å². The fraction of sp³-hybridized carbons (Fsp3) is 0.286. The van der Waals surface area contributed by atoms with Crippen LogP contribution in [0.25, 0.3) is 0 Å². The monoisotopic (exact) mass is 451 g/mol. The summed E-state index contributed by atoms with van der Waals surface area (Å²) in [6.45, 7) is -0.173. The van der Waals surface area contributed by atoms with Gasteiger partial charge in [0.2, 0.25) is 5.91 Å². The molecule has 5 nitrogen and oxygen atoms in total. The zero-order valence-electron chi connectivity index (χ0n) is 15.5. The Bertz CT molecular complexity index is 1230. The first-order valence-electron chi connectivity index (χ1n) is 9.39. The number of carbonyl (C=O) groups is 1. The van der Waals surface area contributed by atoms with E-state index in [-0.39, 0.29) is 48.0 Å². The van der Waals surface area contributed by atoms with Crippen molar-refractivity contribution >= 4 is 27.3 Å². The number of hydrogen-bond acceptors (Lipinski definition) is 4. The number of benzene rings is 2. The van der Waals surface area contributed by atoms with Gasteiger partial charge >= 0.3 is 0 Å². The number of sulfone groups is 1. The van der Waals surface area contributed by atoms with Gasteiger partial charge in [-0.3, -0.25) is 4.79 Å². The molecule has 0 aromatic heterocycles. The van der Waals surface area contributed by atoms with Crippen LogP contribution in [0.2, 0.25) is 5.02 Å². The number of amides is 1. The third-order valence-electron chi connectivity index (χ3n) is 6.24. The number of hydrogen-bond donors (Lipinski definition) is 1. The molecule has 0 bridgehead atoms. The summed E-state index contributed by atoms with van der Waals surface area (Å²) >= 11 is 5.92. The molecule has 156 valence electrons. The Balaban J connectivity index is 1.82. The molecule has 0 saturated heterocycles. The van der Waals surface area contributed by atoms with Gasteiger partial charge in [-0.1, -0.05) is 11.6 Å². The molecule has 1 N–H and O–H groups in total. The molecular weight excluding hydrogens is 436 g/mol. The van der Waals surface area contributed by atoms with Gasteiger partial charge < -0.3 is 10.1 Å². The minimum atomic E-state index is -4.23. The van der Waals surface area contributed by atoms with Gasteiger partial charge in [0.05, 0.1) is 23.5 Å². The first-order chi connectivity index (χ1) is 14.3. The highest BCUT2D eigenvalue weighted by Gasteiger charge is 2.61. The standard InChI is InChI=1S/C21H16ClF2NO4S/c22-11-1-3-12(4-2-11)30(27,28)21-8-7-17-13(9-18(26)25-17)14(21)10-29-20-16(24)6-5-15(23)19(20)21/h1-6,14H,7-10H2,(H,25,26)/t14-,21-/m0/s1. The van der Waals surface area contributed by atoms with E-state index in [9.17, 15) is 17.6 Å². The molecular formula is C21H16ClF2NO4S. The first-order valence-corrected chi connectivity index (χ1v) is 11.2. The van der Waals surface area contributed by atoms with E-state index >= 15 is 4.39 Å². The van der Waals surface area contributed by atoms with Crippen molar-refractivity contribution in [3.63, 3.8) is 0 Å². The Morgan fingerprint density at radius 1 is 1.10 bits per heavy atom. The smallest absolute Gasteiger partial charge is 0.228 e. The fourth-order valence-electron chi connectivity index (χ4n) is 4.95. The lowest BCUT2D eigenvalue weighted by atomic mass is 9.71. The summed E-state index contributed by atoms with van der Waals surface area (Å²) in [7, 11) is -4.23. The van der Waals surface area contributed by atoms with E-state index in [0.29, 0.717) is 16.3 Å². The molecule has 2 atom stereocenters. The van der Waals surface area contributed by atoms with Crippen molar-refractivity contribution in [3.05, 3.63) is 69.9 Å². The van der Waals surface area contributed by atoms with Crippen molar-refractivity contribution < 1.29 is 26.7 Å². The number of ether oxygens (including phenoxy) is 1. The number of rotatable bonds is 2. The zero-order valence-corrected chi connectivity index (χ0v) is 17.1. The Hall–Kier alpha value is -2.45. The van der Waals surface area contributed by atoms with Gasteiger partial charge in [-0.25, -0.2) is 17.2 Å². The molecule has 5 rings (SSSR count). The maximum atomic E-state index is 15.2. The third kappa shape index (κ3) is 2.50. The largest absolute Gasteiger partial charge is 0.489 e. The normalized spacial score (nSPS) is 25.2. The molecule has 0 spiro atoms. The molecule has 0 fully saturated rings. The van der Waals surface area contributed by atoms with Crippen LogP contribution in [0.5, 0.6) is 5.75 Å². The van der Waals surface area contributed by atoms with Crippen LogP contribution >= 0.6 is 11.6 Å². The quantitative estimate of drug-likeness (QED) is 0.752. The van der Waals surface area contributed by atoms with Crippen LogP contribution in [0.1, 0.15) is 24.8 Å². The minimum Gasteiger partial charge on any atom is -0.489 e. The summed E-state index contributed by atoms with van der Waals surface area (Å²) < 4.78 is 61.6. The van der Waals surface area contributed by atoms with Gasteiger partial charge in [0.1, 0.15) is 10.6 Å². The van der Waals surface area contributed by atoms with Crippen molar-refractivity contribution in [3.8, 4) is 5.75 Å². The molecule has 2 aromatic rings. The molecule has 9 heteroatoms. The topological polar surface area (TPSA) is 72.5 Å². The highest BCUT2D eigenvalue weighted by molar-refractivity contribution is 7.92. The Labute approximate surface area is 176 Å². The summed E-state index contributed by atoms with van der Waals surface area (Å²) in [5.74, 6) is -3.13. The van der Waals surface area contributed by atoms with Crippen LogP contribution in [0.4, 0.5) is 8.78 Å². The van der Waals surface area contributed by atoms with Crippen molar-refractivity contribution in [2.45, 2.75) is 28.9 Å². The molecule has 3 aliphatic rings. The molecule has 0 radical (unpaired) electrons. The van der Waals surface area contributed by atoms with E-state index in [4.69, 9.17) is 16.3 Å². The second kappa shape index (κ2) is 6.52. The van der Waals surface area contributed by atoms with Gasteiger partial charge in [-0.15, -0.1) is 0 Å². The van der Waals surface area contributed by atoms with Crippen LogP contribution in [0.3, 0.4) is 0 Å². The van der Waals surface area contributed by atoms with Gasteiger partial charge in [0.15, 0.2) is 21.4 Å². The second-order valence-electron chi connectivity index (χ2n) is 7.67. The molecule has 2 aliphatic heterocycles. The van der Waals surface area contributed by atoms with Gasteiger partial charge in [-0.05, 0) is 54.8 Å². The number of allylic oxidation sites excluding steroid dienone is 1. The van der Waals surface area contributed by atoms with Crippen molar-refractivity contribution in [1.82, 2.24) is 5.32 Å². The number of halogens is 3. The van der Waals surface area contributed by atoms with Crippen LogP contribution in [0.15, 0.2) is 52.6 Å². The zero-order chi connectivity index (χ0) is 21.3. The Morgan fingerprint density at radius 3 is 2.53 bits per heavy atom. The summed E-state index contributed by atoms with van der Waals surface area (Å²) in [6, 6.07) is 7.44. The number of nitrogens with one attached hydrogen (secondary N) is 1. The molecule has 0 unspecified atom stereocenters. The number of carbonyl (C=O) groups excluding carboxylic acids is 1. The molecule has 2 aromatic carbocycles. The summed E-state index contributed by atoms with van der Waals surface area (Å²) in [5, 5.41) is 3.11. The van der Waals surface area contributed by atoms with Gasteiger partial charge in [0.25, 0.3) is 0 Å². The van der Waals surface area contributed by atoms with E-state index in [1.54, 1.807) is 0 Å². The van der Waals surface area contributed by atoms with E-state index in [0.717, 1.165) is 12.1 Å². The van der Waals surface area contributed by atoms with Crippen LogP contribution in [0, 0.1) is 17.6 Å². The van der Waals surface area contributed by atoms with E-state index < -0.39 is 32.1 Å². The van der Waals surface area contributed by atoms with Gasteiger partial charge in [-0.2, -0.15) is 0 Å².